The second-order valence-electron chi connectivity index (χ2n) is 1.46. The first kappa shape index (κ1) is 9.16. The quantitative estimate of drug-likeness (QED) is 0.301. The number of nitrogens with zero attached hydrogens (tertiary/aromatic N) is 1. The summed E-state index contributed by atoms with van der Waals surface area (Å²) in [7, 11) is -4.30. The van der Waals surface area contributed by atoms with E-state index in [4.69, 9.17) is 15.5 Å². The molecule has 57 valence electrons. The van der Waals surface area contributed by atoms with Crippen LogP contribution in [0.1, 0.15) is 0 Å². The Labute approximate surface area is 58.4 Å². The fraction of sp³-hybridized carbons (Fsp3) is 0.667. The van der Waals surface area contributed by atoms with Crippen LogP contribution in [-0.4, -0.2) is 24.9 Å². The van der Waals surface area contributed by atoms with Gasteiger partial charge in [0.2, 0.25) is 0 Å². The fourth-order valence-electron chi connectivity index (χ4n) is 0.303. The molecule has 0 aromatic carbocycles. The zero-order valence-corrected chi connectivity index (χ0v) is 5.72. The van der Waals surface area contributed by atoms with E-state index in [9.17, 15) is 8.42 Å². The van der Waals surface area contributed by atoms with E-state index in [-0.39, 0.29) is 0 Å². The summed E-state index contributed by atoms with van der Waals surface area (Å²) in [6.07, 6.45) is 1.32. The highest BCUT2D eigenvalue weighted by Crippen LogP contribution is 1.90. The molecule has 0 aromatic heterocycles. The lowest BCUT2D eigenvalue weighted by Crippen LogP contribution is -2.36. The molecule has 0 heterocycles. The van der Waals surface area contributed by atoms with Gasteiger partial charge < -0.3 is 5.32 Å². The van der Waals surface area contributed by atoms with E-state index in [1.54, 1.807) is 5.32 Å². The molecule has 0 saturated heterocycles. The van der Waals surface area contributed by atoms with Crippen molar-refractivity contribution in [3.63, 3.8) is 0 Å². The van der Waals surface area contributed by atoms with Crippen LogP contribution in [-0.2, 0) is 10.1 Å². The molecule has 0 saturated carbocycles. The predicted octanol–water partition coefficient (Wildman–Crippen LogP) is -1.45. The van der Waals surface area contributed by atoms with E-state index in [2.05, 4.69) is 0 Å². The molecular weight excluding hydrogens is 158 g/mol. The van der Waals surface area contributed by atoms with Crippen LogP contribution in [0.25, 0.3) is 0 Å². The van der Waals surface area contributed by atoms with Crippen molar-refractivity contribution in [2.24, 2.45) is 0 Å². The summed E-state index contributed by atoms with van der Waals surface area (Å²) in [5.41, 5.74) is 6.57. The Morgan fingerprint density at radius 1 is 1.80 bits per heavy atom. The maximum atomic E-state index is 10.2. The Morgan fingerprint density at radius 2 is 2.30 bits per heavy atom. The zero-order valence-electron chi connectivity index (χ0n) is 4.90. The highest BCUT2D eigenvalue weighted by atomic mass is 32.2. The van der Waals surface area contributed by atoms with E-state index in [0.29, 0.717) is 0 Å². The van der Waals surface area contributed by atoms with Crippen molar-refractivity contribution in [3.8, 4) is 6.19 Å². The van der Waals surface area contributed by atoms with Gasteiger partial charge in [-0.1, -0.05) is 0 Å². The van der Waals surface area contributed by atoms with Crippen LogP contribution in [0.5, 0.6) is 0 Å². The molecule has 0 aliphatic rings. The molecule has 0 rings (SSSR count). The molecule has 0 aromatic rings. The van der Waals surface area contributed by atoms with Crippen LogP contribution in [0.15, 0.2) is 0 Å². The third-order valence-electron chi connectivity index (χ3n) is 0.770. The Hall–Kier alpha value is -0.840. The minimum absolute atomic E-state index is 0.591. The average molecular weight is 164 g/mol. The van der Waals surface area contributed by atoms with Crippen LogP contribution >= 0.6 is 0 Å². The van der Waals surface area contributed by atoms with Crippen LogP contribution in [0, 0.1) is 11.5 Å². The molecule has 1 radical (unpaired) electrons. The molecule has 0 aliphatic carbocycles. The summed E-state index contributed by atoms with van der Waals surface area (Å²) in [6, 6.07) is 0. The summed E-state index contributed by atoms with van der Waals surface area (Å²) in [5, 5.41) is 8.16. The van der Waals surface area contributed by atoms with Crippen molar-refractivity contribution in [3.05, 3.63) is 0 Å². The van der Waals surface area contributed by atoms with Crippen LogP contribution in [0.2, 0.25) is 0 Å². The third kappa shape index (κ3) is 2.63. The SMILES string of the molecule is N#CNC(C[NH])S(=O)(=O)O. The van der Waals surface area contributed by atoms with Crippen LogP contribution in [0.3, 0.4) is 0 Å². The number of hydrogen-bond donors (Lipinski definition) is 2. The summed E-state index contributed by atoms with van der Waals surface area (Å²) in [5.74, 6) is 0. The second kappa shape index (κ2) is 3.36. The Morgan fingerprint density at radius 3 is 2.40 bits per heavy atom. The smallest absolute Gasteiger partial charge is 0.288 e. The number of nitriles is 1. The van der Waals surface area contributed by atoms with Gasteiger partial charge in [0, 0.05) is 6.54 Å². The first-order valence-corrected chi connectivity index (χ1v) is 3.78. The molecule has 0 bridgehead atoms. The standard InChI is InChI=1S/C3H6N3O3S/c4-1-3(6-2-5)10(7,8)9/h3-4,6H,1H2,(H,7,8,9). The summed E-state index contributed by atoms with van der Waals surface area (Å²) >= 11 is 0. The lowest BCUT2D eigenvalue weighted by atomic mass is 10.6. The molecule has 0 fully saturated rings. The van der Waals surface area contributed by atoms with Gasteiger partial charge in [0.05, 0.1) is 0 Å². The minimum Gasteiger partial charge on any atom is -0.303 e. The van der Waals surface area contributed by atoms with Gasteiger partial charge in [0.25, 0.3) is 10.1 Å². The number of rotatable bonds is 3. The van der Waals surface area contributed by atoms with Gasteiger partial charge >= 0.3 is 0 Å². The highest BCUT2D eigenvalue weighted by molar-refractivity contribution is 7.86. The van der Waals surface area contributed by atoms with Crippen molar-refractivity contribution in [2.45, 2.75) is 5.37 Å². The van der Waals surface area contributed by atoms with Gasteiger partial charge in [-0.15, -0.1) is 0 Å². The topological polar surface area (TPSA) is 114 Å². The highest BCUT2D eigenvalue weighted by Gasteiger charge is 2.19. The molecule has 0 amide bonds. The maximum Gasteiger partial charge on any atom is 0.288 e. The van der Waals surface area contributed by atoms with E-state index in [1.165, 1.54) is 6.19 Å². The molecule has 7 heteroatoms. The molecule has 1 unspecified atom stereocenters. The van der Waals surface area contributed by atoms with Crippen molar-refractivity contribution in [1.82, 2.24) is 11.1 Å². The third-order valence-corrected chi connectivity index (χ3v) is 1.77. The second-order valence-corrected chi connectivity index (χ2v) is 3.06. The minimum atomic E-state index is -4.30. The average Bonchev–Trinajstić information content (AvgIpc) is 1.80. The van der Waals surface area contributed by atoms with Crippen molar-refractivity contribution >= 4 is 10.1 Å². The van der Waals surface area contributed by atoms with Crippen molar-refractivity contribution < 1.29 is 13.0 Å². The first-order chi connectivity index (χ1) is 4.52. The molecule has 3 N–H and O–H groups in total. The van der Waals surface area contributed by atoms with Crippen LogP contribution < -0.4 is 11.1 Å². The van der Waals surface area contributed by atoms with Gasteiger partial charge in [-0.25, -0.2) is 0 Å². The summed E-state index contributed by atoms with van der Waals surface area (Å²) < 4.78 is 28.6. The normalized spacial score (nSPS) is 13.7. The molecule has 6 nitrogen and oxygen atoms in total. The molecule has 0 aliphatic heterocycles. The first-order valence-electron chi connectivity index (χ1n) is 2.28. The van der Waals surface area contributed by atoms with Gasteiger partial charge in [-0.3, -0.25) is 10.3 Å². The lowest BCUT2D eigenvalue weighted by Gasteiger charge is -2.06. The molecular formula is C3H6N3O3S. The fourth-order valence-corrected chi connectivity index (χ4v) is 0.715. The largest absolute Gasteiger partial charge is 0.303 e. The Balaban J connectivity index is 4.26. The van der Waals surface area contributed by atoms with Crippen LogP contribution in [0.4, 0.5) is 0 Å². The van der Waals surface area contributed by atoms with Crippen molar-refractivity contribution in [2.75, 3.05) is 6.54 Å². The molecule has 10 heavy (non-hydrogen) atoms. The summed E-state index contributed by atoms with van der Waals surface area (Å²) in [6.45, 7) is -0.591. The monoisotopic (exact) mass is 164 g/mol. The van der Waals surface area contributed by atoms with Gasteiger partial charge in [-0.2, -0.15) is 13.7 Å². The summed E-state index contributed by atoms with van der Waals surface area (Å²) in [4.78, 5) is 0. The van der Waals surface area contributed by atoms with Gasteiger partial charge in [0.1, 0.15) is 0 Å². The number of hydrogen-bond acceptors (Lipinski definition) is 4. The van der Waals surface area contributed by atoms with Crippen molar-refractivity contribution in [1.29, 1.82) is 5.26 Å². The molecule has 1 atom stereocenters. The van der Waals surface area contributed by atoms with Gasteiger partial charge in [-0.05, 0) is 0 Å². The van der Waals surface area contributed by atoms with E-state index in [1.807, 2.05) is 0 Å². The number of nitrogens with one attached hydrogen (secondary N) is 2. The van der Waals surface area contributed by atoms with Gasteiger partial charge in [0.15, 0.2) is 11.6 Å². The zero-order chi connectivity index (χ0) is 8.20. The Kier molecular flexibility index (Phi) is 3.08. The molecule has 0 spiro atoms. The maximum absolute atomic E-state index is 10.2. The van der Waals surface area contributed by atoms with E-state index < -0.39 is 22.0 Å². The van der Waals surface area contributed by atoms with E-state index >= 15 is 0 Å². The predicted molar refractivity (Wildman–Crippen MR) is 32.0 cm³/mol. The Bertz CT molecular complexity index is 228. The lowest BCUT2D eigenvalue weighted by molar-refractivity contribution is 0.460. The van der Waals surface area contributed by atoms with E-state index in [0.717, 1.165) is 0 Å².